The van der Waals surface area contributed by atoms with Crippen molar-refractivity contribution in [2.45, 2.75) is 44.8 Å². The summed E-state index contributed by atoms with van der Waals surface area (Å²) in [5, 5.41) is 16.9. The number of ketones is 1. The van der Waals surface area contributed by atoms with Crippen molar-refractivity contribution >= 4 is 47.1 Å². The van der Waals surface area contributed by atoms with Gasteiger partial charge in [-0.25, -0.2) is 9.59 Å². The van der Waals surface area contributed by atoms with E-state index in [-0.39, 0.29) is 23.1 Å². The number of nitrogens with zero attached hydrogens (tertiary/aromatic N) is 3. The Morgan fingerprint density at radius 3 is 2.15 bits per heavy atom. The number of hydroxylamine groups is 2. The lowest BCUT2D eigenvalue weighted by atomic mass is 9.90. The maximum Gasteiger partial charge on any atom is 0.363 e. The molecule has 1 aliphatic heterocycles. The first kappa shape index (κ1) is 30.4. The molecule has 0 spiro atoms. The van der Waals surface area contributed by atoms with Gasteiger partial charge < -0.3 is 26.3 Å². The maximum atomic E-state index is 13.6. The Bertz CT molecular complexity index is 1400. The smallest absolute Gasteiger partial charge is 0.363 e. The Morgan fingerprint density at radius 2 is 1.66 bits per heavy atom. The Kier molecular flexibility index (Phi) is 8.88. The van der Waals surface area contributed by atoms with Crippen molar-refractivity contribution in [3.63, 3.8) is 0 Å². The van der Waals surface area contributed by atoms with Crippen LogP contribution in [0.2, 0.25) is 0 Å². The number of amides is 4. The molecular formula is C27H30N6O8. The van der Waals surface area contributed by atoms with Gasteiger partial charge in [0.2, 0.25) is 5.91 Å². The molecule has 0 saturated carbocycles. The van der Waals surface area contributed by atoms with Crippen molar-refractivity contribution in [1.82, 2.24) is 9.96 Å². The Labute approximate surface area is 234 Å². The van der Waals surface area contributed by atoms with E-state index in [0.29, 0.717) is 16.0 Å². The first-order valence-corrected chi connectivity index (χ1v) is 12.4. The zero-order valence-corrected chi connectivity index (χ0v) is 22.6. The lowest BCUT2D eigenvalue weighted by molar-refractivity contribution is -0.186. The summed E-state index contributed by atoms with van der Waals surface area (Å²) < 4.78 is 0. The molecule has 1 aliphatic rings. The predicted molar refractivity (Wildman–Crippen MR) is 144 cm³/mol. The minimum atomic E-state index is -2.01. The van der Waals surface area contributed by atoms with Crippen LogP contribution in [-0.4, -0.2) is 75.1 Å². The van der Waals surface area contributed by atoms with E-state index in [9.17, 15) is 28.8 Å². The molecule has 14 heteroatoms. The zero-order chi connectivity index (χ0) is 30.6. The number of benzene rings is 2. The standard InChI is InChI=1S/C27H30N6O8/c1-4-31-26(40)33(25(39)27(31,3)17-12-10-16(11-13-17)22(29)30)41-24(38)21(15(2)34)32(18-8-6-5-7-9-18)23(37)19(28)14-20(35)36/h5-13,19,21H,4,14,28H2,1-3H3,(H3,29,30)(H,35,36)/t19-,21-,27+/m0/s1. The summed E-state index contributed by atoms with van der Waals surface area (Å²) in [5.41, 5.74) is 10.4. The molecular weight excluding hydrogens is 536 g/mol. The molecule has 41 heavy (non-hydrogen) atoms. The van der Waals surface area contributed by atoms with Gasteiger partial charge in [0, 0.05) is 17.8 Å². The molecule has 14 nitrogen and oxygen atoms in total. The number of carboxylic acids is 1. The van der Waals surface area contributed by atoms with Crippen molar-refractivity contribution < 1.29 is 38.7 Å². The number of hydrogen-bond donors (Lipinski definition) is 4. The van der Waals surface area contributed by atoms with Gasteiger partial charge in [-0.05, 0) is 38.5 Å². The summed E-state index contributed by atoms with van der Waals surface area (Å²) in [7, 11) is 0. The third-order valence-corrected chi connectivity index (χ3v) is 6.65. The van der Waals surface area contributed by atoms with Gasteiger partial charge in [0.25, 0.3) is 5.91 Å². The summed E-state index contributed by atoms with van der Waals surface area (Å²) in [6, 6.07) is 8.78. The molecule has 0 unspecified atom stereocenters. The number of nitrogens with two attached hydrogens (primary N) is 2. The molecule has 216 valence electrons. The molecule has 2 aromatic carbocycles. The van der Waals surface area contributed by atoms with E-state index in [2.05, 4.69) is 0 Å². The second-order valence-corrected chi connectivity index (χ2v) is 9.36. The molecule has 1 saturated heterocycles. The minimum Gasteiger partial charge on any atom is -0.481 e. The highest BCUT2D eigenvalue weighted by Gasteiger charge is 2.57. The zero-order valence-electron chi connectivity index (χ0n) is 22.6. The Balaban J connectivity index is 2.00. The van der Waals surface area contributed by atoms with Gasteiger partial charge in [0.15, 0.2) is 11.8 Å². The summed E-state index contributed by atoms with van der Waals surface area (Å²) >= 11 is 0. The van der Waals surface area contributed by atoms with Crippen LogP contribution < -0.4 is 16.4 Å². The number of likely N-dealkylation sites (N-methyl/N-ethyl adjacent to an activating group) is 1. The number of carboxylic acid groups (broad SMARTS) is 1. The van der Waals surface area contributed by atoms with Gasteiger partial charge in [-0.2, -0.15) is 0 Å². The summed E-state index contributed by atoms with van der Waals surface area (Å²) in [6.07, 6.45) is -0.794. The van der Waals surface area contributed by atoms with Crippen LogP contribution in [0.15, 0.2) is 54.6 Å². The van der Waals surface area contributed by atoms with Gasteiger partial charge in [0.1, 0.15) is 11.4 Å². The molecule has 6 N–H and O–H groups in total. The van der Waals surface area contributed by atoms with Crippen LogP contribution in [0.25, 0.3) is 0 Å². The highest BCUT2D eigenvalue weighted by atomic mass is 16.7. The number of amidine groups is 1. The number of nitrogen functional groups attached to an aromatic ring is 1. The average Bonchev–Trinajstić information content (AvgIpc) is 3.11. The quantitative estimate of drug-likeness (QED) is 0.129. The number of nitrogens with one attached hydrogen (secondary N) is 1. The number of Topliss-reactive ketones (excluding diaryl/α,β-unsaturated/α-hetero) is 1. The van der Waals surface area contributed by atoms with E-state index in [0.717, 1.165) is 11.8 Å². The van der Waals surface area contributed by atoms with E-state index in [1.54, 1.807) is 13.0 Å². The molecule has 1 fully saturated rings. The number of rotatable bonds is 11. The van der Waals surface area contributed by atoms with Gasteiger partial charge in [0.05, 0.1) is 12.5 Å². The number of urea groups is 1. The summed E-state index contributed by atoms with van der Waals surface area (Å²) in [6.45, 7) is 4.07. The summed E-state index contributed by atoms with van der Waals surface area (Å²) in [4.78, 5) is 84.6. The van der Waals surface area contributed by atoms with Gasteiger partial charge in [-0.15, -0.1) is 0 Å². The largest absolute Gasteiger partial charge is 0.481 e. The fourth-order valence-electron chi connectivity index (χ4n) is 4.53. The molecule has 0 aliphatic carbocycles. The van der Waals surface area contributed by atoms with E-state index < -0.39 is 59.6 Å². The van der Waals surface area contributed by atoms with E-state index in [1.165, 1.54) is 55.5 Å². The third kappa shape index (κ3) is 5.77. The molecule has 0 bridgehead atoms. The Hall–Kier alpha value is -5.11. The fraction of sp³-hybridized carbons (Fsp3) is 0.296. The van der Waals surface area contributed by atoms with Crippen molar-refractivity contribution in [3.8, 4) is 0 Å². The van der Waals surface area contributed by atoms with E-state index in [4.69, 9.17) is 26.8 Å². The van der Waals surface area contributed by atoms with Crippen LogP contribution in [0.3, 0.4) is 0 Å². The highest BCUT2D eigenvalue weighted by molar-refractivity contribution is 6.15. The highest BCUT2D eigenvalue weighted by Crippen LogP contribution is 2.37. The number of anilines is 1. The molecule has 4 amide bonds. The van der Waals surface area contributed by atoms with Crippen LogP contribution >= 0.6 is 0 Å². The third-order valence-electron chi connectivity index (χ3n) is 6.65. The maximum absolute atomic E-state index is 13.6. The molecule has 2 aromatic rings. The van der Waals surface area contributed by atoms with Crippen LogP contribution in [0.1, 0.15) is 38.3 Å². The van der Waals surface area contributed by atoms with Crippen molar-refractivity contribution in [2.24, 2.45) is 11.5 Å². The van der Waals surface area contributed by atoms with Gasteiger partial charge in [-0.3, -0.25) is 29.5 Å². The van der Waals surface area contributed by atoms with Crippen molar-refractivity contribution in [1.29, 1.82) is 5.41 Å². The monoisotopic (exact) mass is 566 g/mol. The normalized spacial score (nSPS) is 18.0. The molecule has 0 radical (unpaired) electrons. The molecule has 3 atom stereocenters. The number of carbonyl (C=O) groups is 6. The first-order valence-electron chi connectivity index (χ1n) is 12.4. The van der Waals surface area contributed by atoms with E-state index >= 15 is 0 Å². The van der Waals surface area contributed by atoms with Gasteiger partial charge in [-0.1, -0.05) is 47.5 Å². The van der Waals surface area contributed by atoms with Crippen LogP contribution in [0.4, 0.5) is 10.5 Å². The summed E-state index contributed by atoms with van der Waals surface area (Å²) in [5.74, 6) is -5.94. The van der Waals surface area contributed by atoms with Gasteiger partial charge >= 0.3 is 18.0 Å². The van der Waals surface area contributed by atoms with E-state index in [1.807, 2.05) is 0 Å². The molecule has 0 aromatic heterocycles. The second kappa shape index (κ2) is 12.0. The Morgan fingerprint density at radius 1 is 1.07 bits per heavy atom. The topological polar surface area (TPSA) is 217 Å². The first-order chi connectivity index (χ1) is 19.2. The minimum absolute atomic E-state index is 0.0262. The average molecular weight is 567 g/mol. The van der Waals surface area contributed by atoms with Crippen LogP contribution in [0, 0.1) is 5.41 Å². The van der Waals surface area contributed by atoms with Crippen LogP contribution in [-0.2, 0) is 34.3 Å². The lowest BCUT2D eigenvalue weighted by Crippen LogP contribution is -2.56. The lowest BCUT2D eigenvalue weighted by Gasteiger charge is -2.31. The molecule has 3 rings (SSSR count). The number of para-hydroxylation sites is 1. The SMILES string of the molecule is CCN1C(=O)N(OC(=O)[C@H](C(C)=O)N(C(=O)[C@@H](N)CC(=O)O)c2ccccc2)C(=O)[C@@]1(C)c1ccc(C(=N)N)cc1. The second-order valence-electron chi connectivity index (χ2n) is 9.36. The fourth-order valence-corrected chi connectivity index (χ4v) is 4.53. The van der Waals surface area contributed by atoms with Crippen molar-refractivity contribution in [3.05, 3.63) is 65.7 Å². The predicted octanol–water partition coefficient (Wildman–Crippen LogP) is 0.721. The van der Waals surface area contributed by atoms with Crippen LogP contribution in [0.5, 0.6) is 0 Å². The molecule has 1 heterocycles. The number of imide groups is 1. The number of hydrogen-bond acceptors (Lipinski definition) is 9. The number of aliphatic carboxylic acids is 1. The van der Waals surface area contributed by atoms with Crippen molar-refractivity contribution in [2.75, 3.05) is 11.4 Å². The number of carbonyl (C=O) groups excluding carboxylic acids is 5.